The number of unbranched alkanes of at least 4 members (excludes halogenated alkanes) is 1. The Morgan fingerprint density at radius 1 is 1.38 bits per heavy atom. The molecule has 1 atom stereocenters. The normalized spacial score (nSPS) is 11.9. The zero-order chi connectivity index (χ0) is 15.8. The van der Waals surface area contributed by atoms with Crippen LogP contribution in [-0.2, 0) is 16.1 Å². The smallest absolute Gasteiger partial charge is 0.326 e. The van der Waals surface area contributed by atoms with E-state index in [1.54, 1.807) is 23.8 Å². The Balaban J connectivity index is 2.32. The maximum atomic E-state index is 11.6. The Morgan fingerprint density at radius 3 is 2.67 bits per heavy atom. The lowest BCUT2D eigenvalue weighted by Gasteiger charge is -2.12. The molecule has 0 aromatic carbocycles. The topological polar surface area (TPSA) is 88.4 Å². The molecule has 0 saturated carbocycles. The molecule has 0 aliphatic rings. The van der Waals surface area contributed by atoms with Gasteiger partial charge in [0.1, 0.15) is 6.04 Å². The maximum absolute atomic E-state index is 11.6. The molecule has 21 heavy (non-hydrogen) atoms. The third-order valence-corrected chi connectivity index (χ3v) is 3.25. The van der Waals surface area contributed by atoms with Gasteiger partial charge in [-0.15, -0.1) is 0 Å². The van der Waals surface area contributed by atoms with E-state index in [1.807, 2.05) is 13.0 Å². The fourth-order valence-electron chi connectivity index (χ4n) is 1.96. The quantitative estimate of drug-likeness (QED) is 0.707. The van der Waals surface area contributed by atoms with E-state index in [1.165, 1.54) is 0 Å². The molecule has 0 bridgehead atoms. The van der Waals surface area contributed by atoms with Gasteiger partial charge in [-0.1, -0.05) is 6.92 Å². The molecule has 6 heteroatoms. The summed E-state index contributed by atoms with van der Waals surface area (Å²) >= 11 is 0. The van der Waals surface area contributed by atoms with Crippen LogP contribution in [-0.4, -0.2) is 27.6 Å². The van der Waals surface area contributed by atoms with Crippen molar-refractivity contribution < 1.29 is 14.7 Å². The summed E-state index contributed by atoms with van der Waals surface area (Å²) in [5, 5.41) is 11.3. The molecular weight excluding hydrogens is 272 g/mol. The summed E-state index contributed by atoms with van der Waals surface area (Å²) in [4.78, 5) is 34.0. The first-order valence-corrected chi connectivity index (χ1v) is 7.13. The maximum Gasteiger partial charge on any atom is 0.326 e. The Morgan fingerprint density at radius 2 is 2.10 bits per heavy atom. The number of amides is 1. The zero-order valence-electron chi connectivity index (χ0n) is 12.5. The average Bonchev–Trinajstić information content (AvgIpc) is 2.42. The fourth-order valence-corrected chi connectivity index (χ4v) is 1.96. The van der Waals surface area contributed by atoms with Crippen LogP contribution in [0.5, 0.6) is 0 Å². The molecule has 1 rings (SSSR count). The van der Waals surface area contributed by atoms with Gasteiger partial charge in [-0.2, -0.15) is 0 Å². The Bertz CT molecular complexity index is 551. The van der Waals surface area contributed by atoms with Gasteiger partial charge in [-0.05, 0) is 37.8 Å². The van der Waals surface area contributed by atoms with Crippen LogP contribution in [0.4, 0.5) is 0 Å². The average molecular weight is 294 g/mol. The van der Waals surface area contributed by atoms with Crippen LogP contribution in [0.1, 0.15) is 38.2 Å². The van der Waals surface area contributed by atoms with Crippen molar-refractivity contribution in [1.82, 2.24) is 9.88 Å². The van der Waals surface area contributed by atoms with Gasteiger partial charge < -0.3 is 15.0 Å². The first-order chi connectivity index (χ1) is 9.93. The van der Waals surface area contributed by atoms with Crippen LogP contribution in [0, 0.1) is 6.92 Å². The fraction of sp³-hybridized carbons (Fsp3) is 0.533. The van der Waals surface area contributed by atoms with Crippen molar-refractivity contribution in [3.05, 3.63) is 34.2 Å². The van der Waals surface area contributed by atoms with Crippen LogP contribution in [0.3, 0.4) is 0 Å². The monoisotopic (exact) mass is 294 g/mol. The number of aryl methyl sites for hydroxylation is 2. The first-order valence-electron chi connectivity index (χ1n) is 7.13. The summed E-state index contributed by atoms with van der Waals surface area (Å²) in [5.74, 6) is -1.28. The van der Waals surface area contributed by atoms with Crippen molar-refractivity contribution in [3.8, 4) is 0 Å². The molecule has 1 amide bonds. The molecule has 0 aliphatic carbocycles. The molecule has 1 aromatic rings. The second-order valence-corrected chi connectivity index (χ2v) is 5.06. The van der Waals surface area contributed by atoms with Crippen LogP contribution in [0.25, 0.3) is 0 Å². The SMILES string of the molecule is CCC(NC(=O)CCCCn1ccc(C)cc1=O)C(=O)O. The Hall–Kier alpha value is -2.11. The third-order valence-electron chi connectivity index (χ3n) is 3.25. The summed E-state index contributed by atoms with van der Waals surface area (Å²) in [6.45, 7) is 4.13. The van der Waals surface area contributed by atoms with Gasteiger partial charge in [0.05, 0.1) is 0 Å². The Labute approximate surface area is 123 Å². The first kappa shape index (κ1) is 16.9. The molecule has 2 N–H and O–H groups in total. The zero-order valence-corrected chi connectivity index (χ0v) is 12.5. The van der Waals surface area contributed by atoms with Crippen molar-refractivity contribution in [2.24, 2.45) is 0 Å². The number of hydrogen-bond donors (Lipinski definition) is 2. The molecule has 0 fully saturated rings. The number of carbonyl (C=O) groups is 2. The third kappa shape index (κ3) is 5.81. The van der Waals surface area contributed by atoms with Crippen LogP contribution < -0.4 is 10.9 Å². The second-order valence-electron chi connectivity index (χ2n) is 5.06. The van der Waals surface area contributed by atoms with Gasteiger partial charge in [0.2, 0.25) is 5.91 Å². The van der Waals surface area contributed by atoms with Crippen LogP contribution in [0.2, 0.25) is 0 Å². The minimum absolute atomic E-state index is 0.0450. The minimum atomic E-state index is -1.02. The lowest BCUT2D eigenvalue weighted by atomic mass is 10.2. The van der Waals surface area contributed by atoms with Gasteiger partial charge in [0.15, 0.2) is 0 Å². The van der Waals surface area contributed by atoms with E-state index in [0.717, 1.165) is 5.56 Å². The van der Waals surface area contributed by atoms with Crippen molar-refractivity contribution >= 4 is 11.9 Å². The van der Waals surface area contributed by atoms with E-state index in [4.69, 9.17) is 5.11 Å². The highest BCUT2D eigenvalue weighted by Gasteiger charge is 2.16. The minimum Gasteiger partial charge on any atom is -0.480 e. The molecule has 0 radical (unpaired) electrons. The number of hydrogen-bond acceptors (Lipinski definition) is 3. The summed E-state index contributed by atoms with van der Waals surface area (Å²) in [6, 6.07) is 2.62. The highest BCUT2D eigenvalue weighted by atomic mass is 16.4. The van der Waals surface area contributed by atoms with E-state index < -0.39 is 12.0 Å². The van der Waals surface area contributed by atoms with E-state index in [0.29, 0.717) is 25.8 Å². The second kappa shape index (κ2) is 8.24. The predicted octanol–water partition coefficient (Wildman–Crippen LogP) is 1.31. The van der Waals surface area contributed by atoms with E-state index in [2.05, 4.69) is 5.32 Å². The lowest BCUT2D eigenvalue weighted by molar-refractivity contribution is -0.141. The number of pyridine rings is 1. The van der Waals surface area contributed by atoms with Gasteiger partial charge in [0, 0.05) is 25.2 Å². The number of aromatic nitrogens is 1. The number of rotatable bonds is 8. The van der Waals surface area contributed by atoms with Gasteiger partial charge >= 0.3 is 5.97 Å². The molecule has 1 heterocycles. The number of nitrogens with zero attached hydrogens (tertiary/aromatic N) is 1. The predicted molar refractivity (Wildman–Crippen MR) is 79.1 cm³/mol. The van der Waals surface area contributed by atoms with Gasteiger partial charge in [-0.25, -0.2) is 4.79 Å². The molecule has 0 aliphatic heterocycles. The Kier molecular flexibility index (Phi) is 6.65. The standard InChI is InChI=1S/C15H22N2O4/c1-3-12(15(20)21)16-13(18)6-4-5-8-17-9-7-11(2)10-14(17)19/h7,9-10,12H,3-6,8H2,1-2H3,(H,16,18)(H,20,21). The number of carboxylic acid groups (broad SMARTS) is 1. The molecule has 116 valence electrons. The number of aliphatic carboxylic acids is 1. The highest BCUT2D eigenvalue weighted by molar-refractivity contribution is 5.83. The number of carboxylic acids is 1. The van der Waals surface area contributed by atoms with E-state index in [-0.39, 0.29) is 17.9 Å². The van der Waals surface area contributed by atoms with Crippen LogP contribution in [0.15, 0.2) is 23.1 Å². The molecule has 0 spiro atoms. The van der Waals surface area contributed by atoms with Crippen LogP contribution >= 0.6 is 0 Å². The van der Waals surface area contributed by atoms with Crippen molar-refractivity contribution in [2.75, 3.05) is 0 Å². The molecular formula is C15H22N2O4. The van der Waals surface area contributed by atoms with Crippen molar-refractivity contribution in [3.63, 3.8) is 0 Å². The summed E-state index contributed by atoms with van der Waals surface area (Å²) in [7, 11) is 0. The van der Waals surface area contributed by atoms with Crippen molar-refractivity contribution in [1.29, 1.82) is 0 Å². The molecule has 0 saturated heterocycles. The number of carbonyl (C=O) groups excluding carboxylic acids is 1. The van der Waals surface area contributed by atoms with E-state index in [9.17, 15) is 14.4 Å². The summed E-state index contributed by atoms with van der Waals surface area (Å²) < 4.78 is 1.61. The lowest BCUT2D eigenvalue weighted by Crippen LogP contribution is -2.40. The number of nitrogens with one attached hydrogen (secondary N) is 1. The summed E-state index contributed by atoms with van der Waals surface area (Å²) in [6.07, 6.45) is 3.68. The molecule has 6 nitrogen and oxygen atoms in total. The highest BCUT2D eigenvalue weighted by Crippen LogP contribution is 2.00. The van der Waals surface area contributed by atoms with Gasteiger partial charge in [-0.3, -0.25) is 9.59 Å². The summed E-state index contributed by atoms with van der Waals surface area (Å²) in [5.41, 5.74) is 0.881. The largest absolute Gasteiger partial charge is 0.480 e. The van der Waals surface area contributed by atoms with Gasteiger partial charge in [0.25, 0.3) is 5.56 Å². The molecule has 1 aromatic heterocycles. The van der Waals surface area contributed by atoms with Crippen molar-refractivity contribution in [2.45, 2.75) is 52.1 Å². The molecule has 1 unspecified atom stereocenters. The van der Waals surface area contributed by atoms with E-state index >= 15 is 0 Å².